The summed E-state index contributed by atoms with van der Waals surface area (Å²) in [5.74, 6) is 1.21. The van der Waals surface area contributed by atoms with Crippen LogP contribution < -0.4 is 15.2 Å². The molecule has 5 nitrogen and oxygen atoms in total. The Morgan fingerprint density at radius 3 is 2.57 bits per heavy atom. The van der Waals surface area contributed by atoms with Gasteiger partial charge in [0.2, 0.25) is 0 Å². The molecule has 0 saturated carbocycles. The Balaban J connectivity index is 2.18. The van der Waals surface area contributed by atoms with E-state index in [-0.39, 0.29) is 12.2 Å². The van der Waals surface area contributed by atoms with Crippen LogP contribution in [0.2, 0.25) is 0 Å². The highest BCUT2D eigenvalue weighted by Gasteiger charge is 2.13. The van der Waals surface area contributed by atoms with Gasteiger partial charge in [-0.15, -0.1) is 11.3 Å². The Kier molecular flexibility index (Phi) is 5.16. The van der Waals surface area contributed by atoms with Gasteiger partial charge in [-0.2, -0.15) is 0 Å². The molecule has 0 bridgehead atoms. The lowest BCUT2D eigenvalue weighted by atomic mass is 10.1. The molecule has 21 heavy (non-hydrogen) atoms. The first-order chi connectivity index (χ1) is 10.1. The molecular weight excluding hydrogens is 288 g/mol. The molecular formula is C15H18N2O3S. The van der Waals surface area contributed by atoms with Crippen LogP contribution in [0.4, 0.5) is 5.13 Å². The summed E-state index contributed by atoms with van der Waals surface area (Å²) in [6.45, 7) is 4.86. The van der Waals surface area contributed by atoms with Gasteiger partial charge in [0.1, 0.15) is 0 Å². The van der Waals surface area contributed by atoms with Crippen LogP contribution in [-0.2, 0) is 6.42 Å². The SMILES string of the molecule is CCOc1ccc(C(=O)Cc2csc(N)n2)cc1OCC. The molecule has 0 fully saturated rings. The van der Waals surface area contributed by atoms with Gasteiger partial charge in [0.25, 0.3) is 0 Å². The summed E-state index contributed by atoms with van der Waals surface area (Å²) < 4.78 is 11.0. The van der Waals surface area contributed by atoms with E-state index in [1.807, 2.05) is 13.8 Å². The van der Waals surface area contributed by atoms with Gasteiger partial charge >= 0.3 is 0 Å². The third kappa shape index (κ3) is 3.95. The van der Waals surface area contributed by atoms with Crippen LogP contribution in [0.3, 0.4) is 0 Å². The van der Waals surface area contributed by atoms with Crippen LogP contribution in [-0.4, -0.2) is 24.0 Å². The number of benzene rings is 1. The fourth-order valence-corrected chi connectivity index (χ4v) is 2.46. The van der Waals surface area contributed by atoms with E-state index < -0.39 is 0 Å². The van der Waals surface area contributed by atoms with Gasteiger partial charge in [0.05, 0.1) is 25.3 Å². The van der Waals surface area contributed by atoms with Crippen molar-refractivity contribution in [3.05, 3.63) is 34.8 Å². The minimum Gasteiger partial charge on any atom is -0.490 e. The van der Waals surface area contributed by atoms with Crippen molar-refractivity contribution in [1.82, 2.24) is 4.98 Å². The standard InChI is InChI=1S/C15H18N2O3S/c1-3-19-13-6-5-10(7-14(13)20-4-2)12(18)8-11-9-21-15(16)17-11/h5-7,9H,3-4,8H2,1-2H3,(H2,16,17). The maximum absolute atomic E-state index is 12.3. The summed E-state index contributed by atoms with van der Waals surface area (Å²) in [6.07, 6.45) is 0.229. The number of nitrogens with two attached hydrogens (primary N) is 1. The number of rotatable bonds is 7. The second-order valence-corrected chi connectivity index (χ2v) is 5.19. The first kappa shape index (κ1) is 15.3. The van der Waals surface area contributed by atoms with Crippen LogP contribution >= 0.6 is 11.3 Å². The van der Waals surface area contributed by atoms with Crippen LogP contribution in [0.5, 0.6) is 11.5 Å². The highest BCUT2D eigenvalue weighted by molar-refractivity contribution is 7.13. The predicted molar refractivity (Wildman–Crippen MR) is 83.3 cm³/mol. The van der Waals surface area contributed by atoms with E-state index in [1.54, 1.807) is 23.6 Å². The fraction of sp³-hybridized carbons (Fsp3) is 0.333. The Hall–Kier alpha value is -2.08. The van der Waals surface area contributed by atoms with E-state index in [1.165, 1.54) is 11.3 Å². The van der Waals surface area contributed by atoms with Crippen molar-refractivity contribution in [1.29, 1.82) is 0 Å². The molecule has 2 aromatic rings. The molecule has 2 rings (SSSR count). The molecule has 6 heteroatoms. The molecule has 0 amide bonds. The average molecular weight is 306 g/mol. The molecule has 0 radical (unpaired) electrons. The maximum Gasteiger partial charge on any atom is 0.180 e. The highest BCUT2D eigenvalue weighted by Crippen LogP contribution is 2.29. The third-order valence-corrected chi connectivity index (χ3v) is 3.50. The molecule has 0 aliphatic rings. The Morgan fingerprint density at radius 1 is 1.24 bits per heavy atom. The van der Waals surface area contributed by atoms with Crippen LogP contribution in [0.1, 0.15) is 29.9 Å². The number of hydrogen-bond acceptors (Lipinski definition) is 6. The Morgan fingerprint density at radius 2 is 1.95 bits per heavy atom. The van der Waals surface area contributed by atoms with E-state index in [4.69, 9.17) is 15.2 Å². The van der Waals surface area contributed by atoms with Gasteiger partial charge in [-0.25, -0.2) is 4.98 Å². The lowest BCUT2D eigenvalue weighted by molar-refractivity contribution is 0.0991. The zero-order valence-electron chi connectivity index (χ0n) is 12.1. The number of ether oxygens (including phenoxy) is 2. The third-order valence-electron chi connectivity index (χ3n) is 2.78. The van der Waals surface area contributed by atoms with Crippen molar-refractivity contribution < 1.29 is 14.3 Å². The number of Topliss-reactive ketones (excluding diaryl/α,β-unsaturated/α-hetero) is 1. The van der Waals surface area contributed by atoms with Gasteiger partial charge in [0, 0.05) is 10.9 Å². The first-order valence-electron chi connectivity index (χ1n) is 6.76. The molecule has 0 atom stereocenters. The maximum atomic E-state index is 12.3. The van der Waals surface area contributed by atoms with Crippen molar-refractivity contribution in [2.24, 2.45) is 0 Å². The summed E-state index contributed by atoms with van der Waals surface area (Å²) in [5, 5.41) is 2.27. The second-order valence-electron chi connectivity index (χ2n) is 4.30. The summed E-state index contributed by atoms with van der Waals surface area (Å²) in [4.78, 5) is 16.4. The number of hydrogen-bond donors (Lipinski definition) is 1. The van der Waals surface area contributed by atoms with E-state index in [0.29, 0.717) is 41.1 Å². The molecule has 0 spiro atoms. The number of ketones is 1. The predicted octanol–water partition coefficient (Wildman–Crippen LogP) is 2.95. The van der Waals surface area contributed by atoms with Crippen molar-refractivity contribution in [2.75, 3.05) is 18.9 Å². The molecule has 1 aromatic carbocycles. The first-order valence-corrected chi connectivity index (χ1v) is 7.64. The number of nitrogens with zero attached hydrogens (tertiary/aromatic N) is 1. The van der Waals surface area contributed by atoms with Gasteiger partial charge in [-0.1, -0.05) is 0 Å². The average Bonchev–Trinajstić information content (AvgIpc) is 2.86. The van der Waals surface area contributed by atoms with E-state index in [2.05, 4.69) is 4.98 Å². The summed E-state index contributed by atoms with van der Waals surface area (Å²) in [7, 11) is 0. The van der Waals surface area contributed by atoms with E-state index in [0.717, 1.165) is 0 Å². The van der Waals surface area contributed by atoms with Gasteiger partial charge in [-0.05, 0) is 32.0 Å². The second kappa shape index (κ2) is 7.08. The molecule has 0 aliphatic heterocycles. The quantitative estimate of drug-likeness (QED) is 0.796. The minimum absolute atomic E-state index is 0.0238. The van der Waals surface area contributed by atoms with Gasteiger partial charge < -0.3 is 15.2 Å². The monoisotopic (exact) mass is 306 g/mol. The number of carbonyl (C=O) groups is 1. The largest absolute Gasteiger partial charge is 0.490 e. The zero-order chi connectivity index (χ0) is 15.2. The van der Waals surface area contributed by atoms with Gasteiger partial charge in [-0.3, -0.25) is 4.79 Å². The number of nitrogen functional groups attached to an aromatic ring is 1. The van der Waals surface area contributed by atoms with Gasteiger partial charge in [0.15, 0.2) is 22.4 Å². The van der Waals surface area contributed by atoms with E-state index in [9.17, 15) is 4.79 Å². The van der Waals surface area contributed by atoms with Crippen molar-refractivity contribution in [3.63, 3.8) is 0 Å². The lowest BCUT2D eigenvalue weighted by Gasteiger charge is -2.11. The summed E-state index contributed by atoms with van der Waals surface area (Å²) in [5.41, 5.74) is 6.84. The van der Waals surface area contributed by atoms with Crippen molar-refractivity contribution in [3.8, 4) is 11.5 Å². The van der Waals surface area contributed by atoms with Crippen LogP contribution in [0.25, 0.3) is 0 Å². The Labute approximate surface area is 127 Å². The summed E-state index contributed by atoms with van der Waals surface area (Å²) >= 11 is 1.33. The molecule has 112 valence electrons. The van der Waals surface area contributed by atoms with Crippen LogP contribution in [0, 0.1) is 0 Å². The number of anilines is 1. The van der Waals surface area contributed by atoms with E-state index >= 15 is 0 Å². The minimum atomic E-state index is -0.0238. The molecule has 2 N–H and O–H groups in total. The number of aromatic nitrogens is 1. The Bertz CT molecular complexity index is 625. The van der Waals surface area contributed by atoms with Crippen molar-refractivity contribution >= 4 is 22.3 Å². The molecule has 0 saturated heterocycles. The smallest absolute Gasteiger partial charge is 0.180 e. The number of thiazole rings is 1. The zero-order valence-corrected chi connectivity index (χ0v) is 12.9. The molecule has 0 aliphatic carbocycles. The molecule has 0 unspecified atom stereocenters. The molecule has 1 heterocycles. The van der Waals surface area contributed by atoms with Crippen molar-refractivity contribution in [2.45, 2.75) is 20.3 Å². The normalized spacial score (nSPS) is 10.4. The molecule has 1 aromatic heterocycles. The number of carbonyl (C=O) groups excluding carboxylic acids is 1. The lowest BCUT2D eigenvalue weighted by Crippen LogP contribution is -2.06. The highest BCUT2D eigenvalue weighted by atomic mass is 32.1. The van der Waals surface area contributed by atoms with Crippen LogP contribution in [0.15, 0.2) is 23.6 Å². The topological polar surface area (TPSA) is 74.4 Å². The summed E-state index contributed by atoms with van der Waals surface area (Å²) in [6, 6.07) is 5.22. The fourth-order valence-electron chi connectivity index (χ4n) is 1.89.